The summed E-state index contributed by atoms with van der Waals surface area (Å²) in [7, 11) is 9.19. The average Bonchev–Trinajstić information content (AvgIpc) is 2.05. The summed E-state index contributed by atoms with van der Waals surface area (Å²) in [5.41, 5.74) is -0.192. The van der Waals surface area contributed by atoms with Crippen LogP contribution in [0.3, 0.4) is 0 Å². The molecule has 3 heteroatoms. The molecule has 0 saturated carbocycles. The van der Waals surface area contributed by atoms with Gasteiger partial charge in [-0.05, 0) is 12.8 Å². The standard InChI is InChI=1S/C9H15BO2/c1-11-7-9(12-2)5-3-4-8(10)6-9/h3-4,8H,5-7H2,1-2H3/t8-,9?/m0/s1. The van der Waals surface area contributed by atoms with Crippen LogP contribution in [-0.2, 0) is 9.47 Å². The van der Waals surface area contributed by atoms with Gasteiger partial charge in [0.05, 0.1) is 20.1 Å². The zero-order valence-corrected chi connectivity index (χ0v) is 7.75. The lowest BCUT2D eigenvalue weighted by Gasteiger charge is -2.35. The van der Waals surface area contributed by atoms with Crippen molar-refractivity contribution in [3.63, 3.8) is 0 Å². The molecule has 0 spiro atoms. The maximum Gasteiger partial charge on any atom is 0.0943 e. The monoisotopic (exact) mass is 166 g/mol. The molecule has 1 aliphatic rings. The number of ether oxygens (including phenoxy) is 2. The minimum absolute atomic E-state index is 0.105. The van der Waals surface area contributed by atoms with Crippen molar-refractivity contribution >= 4 is 7.85 Å². The highest BCUT2D eigenvalue weighted by atomic mass is 16.5. The summed E-state index contributed by atoms with van der Waals surface area (Å²) in [6, 6.07) is 0. The third-order valence-electron chi connectivity index (χ3n) is 2.32. The number of methoxy groups -OCH3 is 2. The van der Waals surface area contributed by atoms with Crippen LogP contribution in [0.2, 0.25) is 5.82 Å². The second-order valence-electron chi connectivity index (χ2n) is 3.32. The third-order valence-corrected chi connectivity index (χ3v) is 2.32. The largest absolute Gasteiger partial charge is 0.382 e. The maximum absolute atomic E-state index is 5.79. The van der Waals surface area contributed by atoms with E-state index in [4.69, 9.17) is 17.3 Å². The zero-order chi connectivity index (χ0) is 9.03. The first kappa shape index (κ1) is 9.81. The van der Waals surface area contributed by atoms with E-state index in [-0.39, 0.29) is 11.4 Å². The quantitative estimate of drug-likeness (QED) is 0.465. The predicted octanol–water partition coefficient (Wildman–Crippen LogP) is 1.32. The molecule has 1 rings (SSSR count). The van der Waals surface area contributed by atoms with E-state index in [2.05, 4.69) is 6.08 Å². The Morgan fingerprint density at radius 1 is 1.58 bits per heavy atom. The van der Waals surface area contributed by atoms with E-state index in [1.165, 1.54) is 0 Å². The van der Waals surface area contributed by atoms with Crippen molar-refractivity contribution in [1.29, 1.82) is 0 Å². The lowest BCUT2D eigenvalue weighted by molar-refractivity contribution is -0.0688. The van der Waals surface area contributed by atoms with Gasteiger partial charge in [-0.2, -0.15) is 0 Å². The Kier molecular flexibility index (Phi) is 3.35. The van der Waals surface area contributed by atoms with Crippen LogP contribution in [0, 0.1) is 0 Å². The van der Waals surface area contributed by atoms with Gasteiger partial charge in [-0.15, -0.1) is 0 Å². The Morgan fingerprint density at radius 3 is 2.83 bits per heavy atom. The van der Waals surface area contributed by atoms with Crippen LogP contribution in [0.15, 0.2) is 12.2 Å². The van der Waals surface area contributed by atoms with E-state index in [1.54, 1.807) is 14.2 Å². The molecule has 2 nitrogen and oxygen atoms in total. The Balaban J connectivity index is 2.61. The van der Waals surface area contributed by atoms with E-state index < -0.39 is 0 Å². The molecule has 0 saturated heterocycles. The minimum atomic E-state index is -0.192. The molecule has 0 aromatic heterocycles. The molecule has 0 fully saturated rings. The van der Waals surface area contributed by atoms with E-state index in [0.29, 0.717) is 6.61 Å². The number of allylic oxidation sites excluding steroid dienone is 1. The van der Waals surface area contributed by atoms with Gasteiger partial charge in [-0.25, -0.2) is 0 Å². The second kappa shape index (κ2) is 4.10. The summed E-state index contributed by atoms with van der Waals surface area (Å²) >= 11 is 0. The van der Waals surface area contributed by atoms with Gasteiger partial charge in [0.2, 0.25) is 0 Å². The predicted molar refractivity (Wildman–Crippen MR) is 49.5 cm³/mol. The molecule has 2 atom stereocenters. The SMILES string of the molecule is [B][C@H]1C=CCC(COC)(OC)C1. The lowest BCUT2D eigenvalue weighted by atomic mass is 9.73. The van der Waals surface area contributed by atoms with Gasteiger partial charge in [-0.3, -0.25) is 0 Å². The number of hydrogen-bond acceptors (Lipinski definition) is 2. The molecule has 0 aromatic carbocycles. The number of rotatable bonds is 3. The summed E-state index contributed by atoms with van der Waals surface area (Å²) in [5, 5.41) is 0. The first-order valence-electron chi connectivity index (χ1n) is 4.19. The van der Waals surface area contributed by atoms with Crippen LogP contribution < -0.4 is 0 Å². The lowest BCUT2D eigenvalue weighted by Crippen LogP contribution is -2.38. The van der Waals surface area contributed by atoms with Crippen LogP contribution in [0.1, 0.15) is 12.8 Å². The van der Waals surface area contributed by atoms with Crippen molar-refractivity contribution in [2.75, 3.05) is 20.8 Å². The second-order valence-corrected chi connectivity index (χ2v) is 3.32. The molecule has 12 heavy (non-hydrogen) atoms. The zero-order valence-electron chi connectivity index (χ0n) is 7.75. The molecule has 66 valence electrons. The highest BCUT2D eigenvalue weighted by Crippen LogP contribution is 2.32. The summed E-state index contributed by atoms with van der Waals surface area (Å²) < 4.78 is 10.5. The normalized spacial score (nSPS) is 35.3. The molecule has 2 radical (unpaired) electrons. The Morgan fingerprint density at radius 2 is 2.33 bits per heavy atom. The molecule has 0 aliphatic heterocycles. The Bertz CT molecular complexity index is 170. The molecule has 1 aliphatic carbocycles. The summed E-state index contributed by atoms with van der Waals surface area (Å²) in [6.07, 6.45) is 5.82. The Labute approximate surface area is 75.3 Å². The molecule has 0 N–H and O–H groups in total. The maximum atomic E-state index is 5.79. The van der Waals surface area contributed by atoms with Crippen LogP contribution in [0.25, 0.3) is 0 Å². The third kappa shape index (κ3) is 2.11. The van der Waals surface area contributed by atoms with Crippen molar-refractivity contribution < 1.29 is 9.47 Å². The van der Waals surface area contributed by atoms with Gasteiger partial charge < -0.3 is 9.47 Å². The molecule has 0 amide bonds. The van der Waals surface area contributed by atoms with Crippen molar-refractivity contribution in [3.05, 3.63) is 12.2 Å². The fraction of sp³-hybridized carbons (Fsp3) is 0.778. The van der Waals surface area contributed by atoms with E-state index in [9.17, 15) is 0 Å². The molecule has 0 heterocycles. The van der Waals surface area contributed by atoms with E-state index in [1.807, 2.05) is 6.08 Å². The van der Waals surface area contributed by atoms with Crippen molar-refractivity contribution in [3.8, 4) is 0 Å². The highest BCUT2D eigenvalue weighted by Gasteiger charge is 2.32. The van der Waals surface area contributed by atoms with Crippen LogP contribution in [0.5, 0.6) is 0 Å². The fourth-order valence-electron chi connectivity index (χ4n) is 1.65. The minimum Gasteiger partial charge on any atom is -0.382 e. The number of hydrogen-bond donors (Lipinski definition) is 0. The first-order valence-corrected chi connectivity index (χ1v) is 4.19. The van der Waals surface area contributed by atoms with Crippen molar-refractivity contribution in [2.45, 2.75) is 24.3 Å². The first-order chi connectivity index (χ1) is 5.72. The molecule has 0 bridgehead atoms. The molecular formula is C9H15BO2. The van der Waals surface area contributed by atoms with Crippen LogP contribution >= 0.6 is 0 Å². The van der Waals surface area contributed by atoms with Crippen LogP contribution in [0.4, 0.5) is 0 Å². The summed E-state index contributed by atoms with van der Waals surface area (Å²) in [4.78, 5) is 0. The van der Waals surface area contributed by atoms with Gasteiger partial charge in [0.15, 0.2) is 0 Å². The van der Waals surface area contributed by atoms with Gasteiger partial charge in [0, 0.05) is 14.2 Å². The van der Waals surface area contributed by atoms with Gasteiger partial charge in [0.25, 0.3) is 0 Å². The molecule has 0 aromatic rings. The topological polar surface area (TPSA) is 18.5 Å². The van der Waals surface area contributed by atoms with E-state index in [0.717, 1.165) is 12.8 Å². The Hall–Kier alpha value is -0.275. The van der Waals surface area contributed by atoms with Gasteiger partial charge in [0.1, 0.15) is 0 Å². The summed E-state index contributed by atoms with van der Waals surface area (Å²) in [6.45, 7) is 0.613. The van der Waals surface area contributed by atoms with E-state index >= 15 is 0 Å². The van der Waals surface area contributed by atoms with Gasteiger partial charge >= 0.3 is 0 Å². The van der Waals surface area contributed by atoms with Crippen molar-refractivity contribution in [1.82, 2.24) is 0 Å². The van der Waals surface area contributed by atoms with Crippen molar-refractivity contribution in [2.24, 2.45) is 0 Å². The van der Waals surface area contributed by atoms with Gasteiger partial charge in [-0.1, -0.05) is 18.0 Å². The average molecular weight is 166 g/mol. The summed E-state index contributed by atoms with van der Waals surface area (Å²) in [5.74, 6) is 0.105. The highest BCUT2D eigenvalue weighted by molar-refractivity contribution is 6.13. The smallest absolute Gasteiger partial charge is 0.0943 e. The molecular weight excluding hydrogens is 151 g/mol. The van der Waals surface area contributed by atoms with Crippen LogP contribution in [-0.4, -0.2) is 34.3 Å². The fourth-order valence-corrected chi connectivity index (χ4v) is 1.65. The molecule has 1 unspecified atom stereocenters.